The summed E-state index contributed by atoms with van der Waals surface area (Å²) in [6.07, 6.45) is 2.57. The average Bonchev–Trinajstić information content (AvgIpc) is 2.20. The minimum Gasteiger partial charge on any atom is -0.382 e. The Hall–Kier alpha value is -1.03. The molecule has 0 saturated carbocycles. The van der Waals surface area contributed by atoms with Crippen molar-refractivity contribution in [1.82, 2.24) is 9.78 Å². The fourth-order valence-electron chi connectivity index (χ4n) is 1.07. The van der Waals surface area contributed by atoms with E-state index in [1.165, 1.54) is 4.68 Å². The van der Waals surface area contributed by atoms with E-state index < -0.39 is 0 Å². The summed E-state index contributed by atoms with van der Waals surface area (Å²) in [5.74, 6) is 0. The molecule has 0 aliphatic heterocycles. The maximum atomic E-state index is 11.5. The van der Waals surface area contributed by atoms with E-state index in [4.69, 9.17) is 11.6 Å². The maximum absolute atomic E-state index is 11.5. The van der Waals surface area contributed by atoms with Crippen LogP contribution in [0.25, 0.3) is 0 Å². The number of anilines is 1. The quantitative estimate of drug-likeness (QED) is 0.832. The highest BCUT2D eigenvalue weighted by atomic mass is 35.5. The molecule has 4 nitrogen and oxygen atoms in total. The van der Waals surface area contributed by atoms with Crippen LogP contribution in [0.4, 0.5) is 5.69 Å². The van der Waals surface area contributed by atoms with Crippen LogP contribution in [-0.2, 0) is 6.54 Å². The molecule has 78 valence electrons. The molecule has 0 aromatic carbocycles. The molecule has 1 N–H and O–H groups in total. The number of nitrogens with one attached hydrogen (secondary N) is 1. The van der Waals surface area contributed by atoms with Gasteiger partial charge in [-0.3, -0.25) is 4.79 Å². The lowest BCUT2D eigenvalue weighted by molar-refractivity contribution is 0.616. The molecule has 1 rings (SSSR count). The maximum Gasteiger partial charge on any atom is 0.287 e. The number of hydrogen-bond donors (Lipinski definition) is 1. The molecule has 0 radical (unpaired) electrons. The molecule has 0 aliphatic carbocycles. The summed E-state index contributed by atoms with van der Waals surface area (Å²) in [4.78, 5) is 11.5. The first-order valence-corrected chi connectivity index (χ1v) is 5.08. The van der Waals surface area contributed by atoms with Gasteiger partial charge in [0, 0.05) is 13.1 Å². The van der Waals surface area contributed by atoms with E-state index in [1.54, 1.807) is 6.20 Å². The van der Waals surface area contributed by atoms with Gasteiger partial charge >= 0.3 is 0 Å². The average molecular weight is 216 g/mol. The molecule has 1 aromatic heterocycles. The molecule has 1 aromatic rings. The highest BCUT2D eigenvalue weighted by molar-refractivity contribution is 6.32. The van der Waals surface area contributed by atoms with Crippen molar-refractivity contribution in [2.45, 2.75) is 26.8 Å². The first-order chi connectivity index (χ1) is 6.70. The van der Waals surface area contributed by atoms with Gasteiger partial charge in [0.1, 0.15) is 5.02 Å². The first kappa shape index (κ1) is 11.0. The Bertz CT molecular complexity index is 362. The number of nitrogens with zero attached hydrogens (tertiary/aromatic N) is 2. The number of halogens is 1. The van der Waals surface area contributed by atoms with Crippen molar-refractivity contribution in [2.24, 2.45) is 0 Å². The van der Waals surface area contributed by atoms with Gasteiger partial charge in [-0.1, -0.05) is 18.5 Å². The first-order valence-electron chi connectivity index (χ1n) is 4.70. The predicted molar refractivity (Wildman–Crippen MR) is 58.0 cm³/mol. The summed E-state index contributed by atoms with van der Waals surface area (Å²) in [7, 11) is 0. The molecule has 0 atom stereocenters. The molecular formula is C9H14ClN3O. The molecule has 1 heterocycles. The fraction of sp³-hybridized carbons (Fsp3) is 0.556. The highest BCUT2D eigenvalue weighted by Crippen LogP contribution is 2.14. The standard InChI is InChI=1S/C9H14ClN3O/c1-3-5-11-7-6-12-13(4-2)9(14)8(7)10/h6,11H,3-5H2,1-2H3. The van der Waals surface area contributed by atoms with Crippen LogP contribution in [0.2, 0.25) is 5.02 Å². The van der Waals surface area contributed by atoms with Crippen molar-refractivity contribution in [3.63, 3.8) is 0 Å². The van der Waals surface area contributed by atoms with Gasteiger partial charge < -0.3 is 5.32 Å². The number of aryl methyl sites for hydroxylation is 1. The van der Waals surface area contributed by atoms with Gasteiger partial charge in [-0.15, -0.1) is 0 Å². The van der Waals surface area contributed by atoms with E-state index in [0.717, 1.165) is 13.0 Å². The van der Waals surface area contributed by atoms with E-state index >= 15 is 0 Å². The third-order valence-corrected chi connectivity index (χ3v) is 2.22. The van der Waals surface area contributed by atoms with Gasteiger partial charge in [0.15, 0.2) is 0 Å². The van der Waals surface area contributed by atoms with E-state index in [1.807, 2.05) is 13.8 Å². The van der Waals surface area contributed by atoms with Crippen LogP contribution in [0.1, 0.15) is 20.3 Å². The molecule has 0 aliphatic rings. The second-order valence-corrected chi connectivity index (χ2v) is 3.30. The van der Waals surface area contributed by atoms with E-state index in [2.05, 4.69) is 10.4 Å². The van der Waals surface area contributed by atoms with Crippen molar-refractivity contribution in [3.05, 3.63) is 21.6 Å². The fourth-order valence-corrected chi connectivity index (χ4v) is 1.29. The predicted octanol–water partition coefficient (Wildman–Crippen LogP) is 1.74. The van der Waals surface area contributed by atoms with Crippen molar-refractivity contribution in [1.29, 1.82) is 0 Å². The van der Waals surface area contributed by atoms with Gasteiger partial charge in [0.25, 0.3) is 5.56 Å². The summed E-state index contributed by atoms with van der Waals surface area (Å²) in [5, 5.41) is 7.23. The summed E-state index contributed by atoms with van der Waals surface area (Å²) >= 11 is 5.88. The van der Waals surface area contributed by atoms with E-state index in [9.17, 15) is 4.79 Å². The van der Waals surface area contributed by atoms with Crippen molar-refractivity contribution < 1.29 is 0 Å². The lowest BCUT2D eigenvalue weighted by atomic mass is 10.4. The number of rotatable bonds is 4. The third-order valence-electron chi connectivity index (χ3n) is 1.85. The van der Waals surface area contributed by atoms with E-state index in [0.29, 0.717) is 12.2 Å². The lowest BCUT2D eigenvalue weighted by Gasteiger charge is -2.07. The molecule has 0 saturated heterocycles. The molecule has 0 unspecified atom stereocenters. The SMILES string of the molecule is CCCNc1cnn(CC)c(=O)c1Cl. The van der Waals surface area contributed by atoms with Gasteiger partial charge in [-0.2, -0.15) is 5.10 Å². The molecule has 14 heavy (non-hydrogen) atoms. The second kappa shape index (κ2) is 5.00. The Morgan fingerprint density at radius 3 is 2.86 bits per heavy atom. The topological polar surface area (TPSA) is 46.9 Å². The minimum absolute atomic E-state index is 0.218. The van der Waals surface area contributed by atoms with Crippen LogP contribution in [0, 0.1) is 0 Å². The van der Waals surface area contributed by atoms with Gasteiger partial charge in [0.05, 0.1) is 11.9 Å². The zero-order chi connectivity index (χ0) is 10.6. The van der Waals surface area contributed by atoms with Crippen LogP contribution in [-0.4, -0.2) is 16.3 Å². The Balaban J connectivity index is 2.99. The summed E-state index contributed by atoms with van der Waals surface area (Å²) in [5.41, 5.74) is 0.374. The molecule has 0 amide bonds. The molecule has 0 bridgehead atoms. The number of hydrogen-bond acceptors (Lipinski definition) is 3. The van der Waals surface area contributed by atoms with Crippen molar-refractivity contribution >= 4 is 17.3 Å². The zero-order valence-corrected chi connectivity index (χ0v) is 9.14. The van der Waals surface area contributed by atoms with Gasteiger partial charge in [-0.25, -0.2) is 4.68 Å². The number of aromatic nitrogens is 2. The van der Waals surface area contributed by atoms with Crippen LogP contribution >= 0.6 is 11.6 Å². The van der Waals surface area contributed by atoms with Crippen LogP contribution in [0.15, 0.2) is 11.0 Å². The van der Waals surface area contributed by atoms with E-state index in [-0.39, 0.29) is 10.6 Å². The Labute approximate surface area is 87.9 Å². The Morgan fingerprint density at radius 2 is 2.29 bits per heavy atom. The minimum atomic E-state index is -0.240. The van der Waals surface area contributed by atoms with Gasteiger partial charge in [-0.05, 0) is 13.3 Å². The summed E-state index contributed by atoms with van der Waals surface area (Å²) in [6, 6.07) is 0. The van der Waals surface area contributed by atoms with Crippen molar-refractivity contribution in [3.8, 4) is 0 Å². The highest BCUT2D eigenvalue weighted by Gasteiger charge is 2.06. The lowest BCUT2D eigenvalue weighted by Crippen LogP contribution is -2.23. The third kappa shape index (κ3) is 2.26. The monoisotopic (exact) mass is 215 g/mol. The summed E-state index contributed by atoms with van der Waals surface area (Å²) in [6.45, 7) is 5.22. The summed E-state index contributed by atoms with van der Waals surface area (Å²) < 4.78 is 1.33. The molecule has 5 heteroatoms. The normalized spacial score (nSPS) is 10.2. The van der Waals surface area contributed by atoms with Crippen LogP contribution in [0.5, 0.6) is 0 Å². The largest absolute Gasteiger partial charge is 0.382 e. The van der Waals surface area contributed by atoms with Crippen molar-refractivity contribution in [2.75, 3.05) is 11.9 Å². The smallest absolute Gasteiger partial charge is 0.287 e. The Kier molecular flexibility index (Phi) is 3.95. The van der Waals surface area contributed by atoms with Gasteiger partial charge in [0.2, 0.25) is 0 Å². The van der Waals surface area contributed by atoms with Crippen LogP contribution in [0.3, 0.4) is 0 Å². The zero-order valence-electron chi connectivity index (χ0n) is 8.38. The molecule has 0 fully saturated rings. The second-order valence-electron chi connectivity index (χ2n) is 2.92. The Morgan fingerprint density at radius 1 is 1.57 bits per heavy atom. The molecule has 0 spiro atoms. The van der Waals surface area contributed by atoms with Crippen LogP contribution < -0.4 is 10.9 Å². The molecular weight excluding hydrogens is 202 g/mol.